The Balaban J connectivity index is 2.25. The molecule has 22 heavy (non-hydrogen) atoms. The van der Waals surface area contributed by atoms with Crippen LogP contribution in [-0.4, -0.2) is 43.1 Å². The van der Waals surface area contributed by atoms with Crippen molar-refractivity contribution in [2.24, 2.45) is 5.18 Å². The minimum atomic E-state index is -0.410. The highest BCUT2D eigenvalue weighted by Crippen LogP contribution is 2.38. The summed E-state index contributed by atoms with van der Waals surface area (Å²) in [5.41, 5.74) is -0.0327. The lowest BCUT2D eigenvalue weighted by Crippen LogP contribution is -2.27. The number of carbonyl (C=O) groups is 1. The van der Waals surface area contributed by atoms with Gasteiger partial charge in [-0.25, -0.2) is 0 Å². The maximum absolute atomic E-state index is 12.2. The summed E-state index contributed by atoms with van der Waals surface area (Å²) in [6.07, 6.45) is 0.797. The molecule has 6 heteroatoms. The van der Waals surface area contributed by atoms with Crippen LogP contribution in [0.15, 0.2) is 35.5 Å². The van der Waals surface area contributed by atoms with Gasteiger partial charge in [-0.1, -0.05) is 24.3 Å². The summed E-state index contributed by atoms with van der Waals surface area (Å²) in [7, 11) is 3.91. The highest BCUT2D eigenvalue weighted by molar-refractivity contribution is 6.06. The topological polar surface area (TPSA) is 82.0 Å². The molecule has 2 N–H and O–H groups in total. The Morgan fingerprint density at radius 1 is 1.32 bits per heavy atom. The second kappa shape index (κ2) is 7.00. The average Bonchev–Trinajstić information content (AvgIpc) is 2.50. The number of rotatable bonds is 6. The largest absolute Gasteiger partial charge is 0.505 e. The van der Waals surface area contributed by atoms with E-state index in [0.29, 0.717) is 17.3 Å². The van der Waals surface area contributed by atoms with Crippen molar-refractivity contribution in [2.45, 2.75) is 6.42 Å². The van der Waals surface area contributed by atoms with Crippen LogP contribution in [0.25, 0.3) is 10.8 Å². The van der Waals surface area contributed by atoms with Crippen LogP contribution in [0.2, 0.25) is 0 Å². The number of hydrogen-bond acceptors (Lipinski definition) is 5. The second-order valence-corrected chi connectivity index (χ2v) is 5.35. The lowest BCUT2D eigenvalue weighted by Gasteiger charge is -2.12. The molecule has 0 bridgehead atoms. The number of nitroso groups, excluding NO2 is 1. The molecular formula is C16H19N3O3. The van der Waals surface area contributed by atoms with Gasteiger partial charge in [0.1, 0.15) is 0 Å². The highest BCUT2D eigenvalue weighted by Gasteiger charge is 2.18. The number of aromatic hydroxyl groups is 1. The summed E-state index contributed by atoms with van der Waals surface area (Å²) in [6.45, 7) is 1.35. The van der Waals surface area contributed by atoms with Crippen molar-refractivity contribution >= 4 is 22.4 Å². The number of carbonyl (C=O) groups excluding carboxylic acids is 1. The van der Waals surface area contributed by atoms with Crippen molar-refractivity contribution in [3.63, 3.8) is 0 Å². The Labute approximate surface area is 128 Å². The Morgan fingerprint density at radius 3 is 2.73 bits per heavy atom. The van der Waals surface area contributed by atoms with Crippen molar-refractivity contribution < 1.29 is 9.90 Å². The number of fused-ring (bicyclic) bond motifs is 1. The molecule has 0 aromatic heterocycles. The molecule has 6 nitrogen and oxygen atoms in total. The number of nitrogens with zero attached hydrogens (tertiary/aromatic N) is 2. The molecule has 0 aliphatic carbocycles. The Hall–Kier alpha value is -2.47. The fraction of sp³-hybridized carbons (Fsp3) is 0.312. The van der Waals surface area contributed by atoms with Crippen molar-refractivity contribution in [3.8, 4) is 5.75 Å². The quantitative estimate of drug-likeness (QED) is 0.634. The Bertz CT molecular complexity index is 698. The molecule has 0 saturated heterocycles. The van der Waals surface area contributed by atoms with Crippen LogP contribution >= 0.6 is 0 Å². The molecule has 2 aromatic rings. The van der Waals surface area contributed by atoms with Gasteiger partial charge >= 0.3 is 0 Å². The minimum Gasteiger partial charge on any atom is -0.505 e. The molecular weight excluding hydrogens is 282 g/mol. The van der Waals surface area contributed by atoms with Gasteiger partial charge in [-0.15, -0.1) is 4.91 Å². The van der Waals surface area contributed by atoms with Crippen LogP contribution < -0.4 is 5.32 Å². The SMILES string of the molecule is CN(C)CCCNC(=O)c1cc2ccccc2c(N=O)c1O. The number of phenols is 1. The first-order chi connectivity index (χ1) is 10.5. The first-order valence-electron chi connectivity index (χ1n) is 7.05. The van der Waals surface area contributed by atoms with Gasteiger partial charge < -0.3 is 15.3 Å². The highest BCUT2D eigenvalue weighted by atomic mass is 16.3. The van der Waals surface area contributed by atoms with Crippen LogP contribution in [0.1, 0.15) is 16.8 Å². The first-order valence-corrected chi connectivity index (χ1v) is 7.05. The van der Waals surface area contributed by atoms with Crippen molar-refractivity contribution in [1.82, 2.24) is 10.2 Å². The van der Waals surface area contributed by atoms with Crippen LogP contribution in [0, 0.1) is 4.91 Å². The summed E-state index contributed by atoms with van der Waals surface area (Å²) < 4.78 is 0. The zero-order valence-corrected chi connectivity index (χ0v) is 12.7. The lowest BCUT2D eigenvalue weighted by atomic mass is 10.0. The van der Waals surface area contributed by atoms with E-state index in [4.69, 9.17) is 0 Å². The lowest BCUT2D eigenvalue weighted by molar-refractivity contribution is 0.0950. The van der Waals surface area contributed by atoms with Gasteiger partial charge in [0.2, 0.25) is 0 Å². The fourth-order valence-electron chi connectivity index (χ4n) is 2.28. The van der Waals surface area contributed by atoms with Crippen molar-refractivity contribution in [2.75, 3.05) is 27.2 Å². The van der Waals surface area contributed by atoms with Gasteiger partial charge in [0.15, 0.2) is 11.4 Å². The maximum atomic E-state index is 12.2. The first kappa shape index (κ1) is 15.9. The van der Waals surface area contributed by atoms with E-state index in [1.54, 1.807) is 30.3 Å². The zero-order chi connectivity index (χ0) is 16.1. The molecule has 0 aliphatic rings. The van der Waals surface area contributed by atoms with Gasteiger partial charge in [0.05, 0.1) is 5.56 Å². The van der Waals surface area contributed by atoms with Gasteiger partial charge in [-0.05, 0) is 43.7 Å². The van der Waals surface area contributed by atoms with Crippen molar-refractivity contribution in [1.29, 1.82) is 0 Å². The molecule has 0 radical (unpaired) electrons. The van der Waals surface area contributed by atoms with Gasteiger partial charge in [0.25, 0.3) is 5.91 Å². The van der Waals surface area contributed by atoms with Crippen LogP contribution in [0.3, 0.4) is 0 Å². The summed E-state index contributed by atoms with van der Waals surface area (Å²) in [5, 5.41) is 17.0. The smallest absolute Gasteiger partial charge is 0.255 e. The Morgan fingerprint density at radius 2 is 2.05 bits per heavy atom. The van der Waals surface area contributed by atoms with E-state index in [0.717, 1.165) is 13.0 Å². The summed E-state index contributed by atoms with van der Waals surface area (Å²) in [4.78, 5) is 25.2. The average molecular weight is 301 g/mol. The predicted molar refractivity (Wildman–Crippen MR) is 86.6 cm³/mol. The summed E-state index contributed by atoms with van der Waals surface area (Å²) >= 11 is 0. The molecule has 1 amide bonds. The molecule has 0 atom stereocenters. The summed E-state index contributed by atoms with van der Waals surface area (Å²) in [6, 6.07) is 8.57. The van der Waals surface area contributed by atoms with Crippen molar-refractivity contribution in [3.05, 3.63) is 40.8 Å². The number of amides is 1. The number of phenolic OH excluding ortho intramolecular Hbond substituents is 1. The third kappa shape index (κ3) is 3.40. The number of benzene rings is 2. The second-order valence-electron chi connectivity index (χ2n) is 5.35. The minimum absolute atomic E-state index is 0.0677. The standard InChI is InChI=1S/C16H19N3O3/c1-19(2)9-5-8-17-16(21)13-10-11-6-3-4-7-12(11)14(18-22)15(13)20/h3-4,6-7,10,20H,5,8-9H2,1-2H3,(H,17,21). The van der Waals surface area contributed by atoms with Gasteiger partial charge in [-0.2, -0.15) is 0 Å². The van der Waals surface area contributed by atoms with E-state index in [-0.39, 0.29) is 17.0 Å². The molecule has 2 aromatic carbocycles. The van der Waals surface area contributed by atoms with E-state index in [9.17, 15) is 14.8 Å². The third-order valence-corrected chi connectivity index (χ3v) is 3.40. The van der Waals surface area contributed by atoms with Crippen LogP contribution in [0.4, 0.5) is 5.69 Å². The van der Waals surface area contributed by atoms with E-state index in [2.05, 4.69) is 10.5 Å². The molecule has 0 saturated carbocycles. The predicted octanol–water partition coefficient (Wildman–Crippen LogP) is 2.62. The summed E-state index contributed by atoms with van der Waals surface area (Å²) in [5.74, 6) is -0.786. The molecule has 0 spiro atoms. The fourth-order valence-corrected chi connectivity index (χ4v) is 2.28. The number of hydrogen-bond donors (Lipinski definition) is 2. The molecule has 0 fully saturated rings. The molecule has 0 unspecified atom stereocenters. The van der Waals surface area contributed by atoms with E-state index < -0.39 is 5.91 Å². The van der Waals surface area contributed by atoms with E-state index in [1.165, 1.54) is 0 Å². The van der Waals surface area contributed by atoms with E-state index in [1.807, 2.05) is 19.0 Å². The maximum Gasteiger partial charge on any atom is 0.255 e. The van der Waals surface area contributed by atoms with Gasteiger partial charge in [-0.3, -0.25) is 4.79 Å². The third-order valence-electron chi connectivity index (χ3n) is 3.40. The van der Waals surface area contributed by atoms with Crippen LogP contribution in [0.5, 0.6) is 5.75 Å². The number of nitrogens with one attached hydrogen (secondary N) is 1. The normalized spacial score (nSPS) is 10.9. The molecule has 2 rings (SSSR count). The molecule has 0 aliphatic heterocycles. The van der Waals surface area contributed by atoms with E-state index >= 15 is 0 Å². The zero-order valence-electron chi connectivity index (χ0n) is 12.7. The molecule has 0 heterocycles. The van der Waals surface area contributed by atoms with Gasteiger partial charge in [0, 0.05) is 11.9 Å². The Kier molecular flexibility index (Phi) is 5.06. The molecule has 116 valence electrons. The van der Waals surface area contributed by atoms with Crippen LogP contribution in [-0.2, 0) is 0 Å². The monoisotopic (exact) mass is 301 g/mol.